The topological polar surface area (TPSA) is 9.23 Å². The molecule has 0 aliphatic carbocycles. The van der Waals surface area contributed by atoms with Gasteiger partial charge in [-0.15, -0.1) is 0 Å². The van der Waals surface area contributed by atoms with Crippen LogP contribution in [0, 0.1) is 0 Å². The van der Waals surface area contributed by atoms with Crippen LogP contribution < -0.4 is 4.74 Å². The lowest BCUT2D eigenvalue weighted by atomic mass is 9.91. The summed E-state index contributed by atoms with van der Waals surface area (Å²) >= 11 is 1.89. The molecule has 4 aromatic rings. The highest BCUT2D eigenvalue weighted by molar-refractivity contribution is 7.99. The maximum atomic E-state index is 5.94. The second kappa shape index (κ2) is 8.41. The van der Waals surface area contributed by atoms with Crippen molar-refractivity contribution in [1.29, 1.82) is 0 Å². The first-order valence-electron chi connectivity index (χ1n) is 10.4. The predicted molar refractivity (Wildman–Crippen MR) is 125 cm³/mol. The average molecular weight is 409 g/mol. The Morgan fingerprint density at radius 1 is 0.733 bits per heavy atom. The third kappa shape index (κ3) is 4.01. The van der Waals surface area contributed by atoms with Crippen LogP contribution in [-0.2, 0) is 13.0 Å². The van der Waals surface area contributed by atoms with E-state index in [0.717, 1.165) is 12.2 Å². The smallest absolute Gasteiger partial charge is 0.119 e. The van der Waals surface area contributed by atoms with E-state index in [-0.39, 0.29) is 0 Å². The SMILES string of the molecule is CC(c1ccc(OCc2ccccc2)cc1)c1ccc2c(c1)Cc1ccccc1S2. The van der Waals surface area contributed by atoms with Crippen LogP contribution >= 0.6 is 11.8 Å². The van der Waals surface area contributed by atoms with Gasteiger partial charge in [-0.1, -0.05) is 91.5 Å². The van der Waals surface area contributed by atoms with Crippen molar-refractivity contribution in [2.75, 3.05) is 0 Å². The zero-order chi connectivity index (χ0) is 20.3. The summed E-state index contributed by atoms with van der Waals surface area (Å²) in [6.07, 6.45) is 1.02. The van der Waals surface area contributed by atoms with Crippen molar-refractivity contribution < 1.29 is 4.74 Å². The van der Waals surface area contributed by atoms with Gasteiger partial charge in [-0.25, -0.2) is 0 Å². The average Bonchev–Trinajstić information content (AvgIpc) is 2.81. The van der Waals surface area contributed by atoms with Gasteiger partial charge in [0.25, 0.3) is 0 Å². The van der Waals surface area contributed by atoms with E-state index in [2.05, 4.69) is 85.8 Å². The molecule has 2 heteroatoms. The zero-order valence-corrected chi connectivity index (χ0v) is 17.9. The Bertz CT molecular complexity index is 1150. The highest BCUT2D eigenvalue weighted by Crippen LogP contribution is 2.40. The molecule has 0 spiro atoms. The molecule has 1 atom stereocenters. The van der Waals surface area contributed by atoms with Crippen molar-refractivity contribution in [2.45, 2.75) is 35.7 Å². The summed E-state index contributed by atoms with van der Waals surface area (Å²) < 4.78 is 5.94. The van der Waals surface area contributed by atoms with Gasteiger partial charge in [0.05, 0.1) is 0 Å². The van der Waals surface area contributed by atoms with E-state index < -0.39 is 0 Å². The van der Waals surface area contributed by atoms with Crippen molar-refractivity contribution in [2.24, 2.45) is 0 Å². The first-order valence-corrected chi connectivity index (χ1v) is 11.2. The van der Waals surface area contributed by atoms with Crippen molar-refractivity contribution in [1.82, 2.24) is 0 Å². The Hall–Kier alpha value is -2.97. The fourth-order valence-electron chi connectivity index (χ4n) is 3.97. The molecule has 4 aromatic carbocycles. The first-order chi connectivity index (χ1) is 14.8. The summed E-state index contributed by atoms with van der Waals surface area (Å²) in [7, 11) is 0. The van der Waals surface area contributed by atoms with Crippen molar-refractivity contribution in [3.8, 4) is 5.75 Å². The highest BCUT2D eigenvalue weighted by Gasteiger charge is 2.18. The van der Waals surface area contributed by atoms with E-state index in [4.69, 9.17) is 4.74 Å². The standard InChI is InChI=1S/C28H24OS/c1-20(22-11-14-26(15-12-22)29-19-21-7-3-2-4-8-21)23-13-16-28-25(17-23)18-24-9-5-6-10-27(24)30-28/h2-17,20H,18-19H2,1H3. The first kappa shape index (κ1) is 19.0. The minimum Gasteiger partial charge on any atom is -0.489 e. The lowest BCUT2D eigenvalue weighted by Gasteiger charge is -2.21. The van der Waals surface area contributed by atoms with Gasteiger partial charge < -0.3 is 4.74 Å². The number of fused-ring (bicyclic) bond motifs is 2. The Labute approximate surface area is 182 Å². The number of hydrogen-bond donors (Lipinski definition) is 0. The summed E-state index contributed by atoms with van der Waals surface area (Å²) in [6.45, 7) is 2.88. The fraction of sp³-hybridized carbons (Fsp3) is 0.143. The molecule has 5 rings (SSSR count). The molecule has 0 saturated carbocycles. The van der Waals surface area contributed by atoms with Gasteiger partial charge in [0.1, 0.15) is 12.4 Å². The molecule has 148 valence electrons. The molecule has 1 unspecified atom stereocenters. The summed E-state index contributed by atoms with van der Waals surface area (Å²) in [6, 6.07) is 34.5. The van der Waals surface area contributed by atoms with E-state index >= 15 is 0 Å². The molecule has 1 aliphatic heterocycles. The third-order valence-electron chi connectivity index (χ3n) is 5.79. The zero-order valence-electron chi connectivity index (χ0n) is 17.0. The van der Waals surface area contributed by atoms with E-state index in [1.165, 1.54) is 37.6 Å². The Balaban J connectivity index is 1.30. The maximum Gasteiger partial charge on any atom is 0.119 e. The van der Waals surface area contributed by atoms with Crippen LogP contribution in [0.5, 0.6) is 5.75 Å². The van der Waals surface area contributed by atoms with Crippen LogP contribution in [0.3, 0.4) is 0 Å². The molecule has 0 N–H and O–H groups in total. The third-order valence-corrected chi connectivity index (χ3v) is 7.02. The lowest BCUT2D eigenvalue weighted by Crippen LogP contribution is -2.03. The van der Waals surface area contributed by atoms with E-state index in [1.807, 2.05) is 30.0 Å². The monoisotopic (exact) mass is 408 g/mol. The van der Waals surface area contributed by atoms with Gasteiger partial charge in [-0.05, 0) is 58.5 Å². The number of ether oxygens (including phenoxy) is 1. The van der Waals surface area contributed by atoms with Crippen LogP contribution in [0.1, 0.15) is 40.7 Å². The van der Waals surface area contributed by atoms with Crippen LogP contribution in [0.4, 0.5) is 0 Å². The summed E-state index contributed by atoms with van der Waals surface area (Å²) in [5.41, 5.74) is 6.73. The molecule has 1 heterocycles. The number of benzene rings is 4. The number of rotatable bonds is 5. The maximum absolute atomic E-state index is 5.94. The highest BCUT2D eigenvalue weighted by atomic mass is 32.2. The van der Waals surface area contributed by atoms with Gasteiger partial charge in [0.15, 0.2) is 0 Å². The second-order valence-corrected chi connectivity index (χ2v) is 8.90. The molecule has 1 nitrogen and oxygen atoms in total. The van der Waals surface area contributed by atoms with Crippen LogP contribution in [-0.4, -0.2) is 0 Å². The molecule has 0 bridgehead atoms. The summed E-state index contributed by atoms with van der Waals surface area (Å²) in [4.78, 5) is 2.77. The quantitative estimate of drug-likeness (QED) is 0.298. The number of hydrogen-bond acceptors (Lipinski definition) is 2. The second-order valence-electron chi connectivity index (χ2n) is 7.82. The Morgan fingerprint density at radius 3 is 2.27 bits per heavy atom. The van der Waals surface area contributed by atoms with Crippen LogP contribution in [0.25, 0.3) is 0 Å². The lowest BCUT2D eigenvalue weighted by molar-refractivity contribution is 0.306. The molecule has 0 amide bonds. The molecular formula is C28H24OS. The van der Waals surface area contributed by atoms with Gasteiger partial charge in [0, 0.05) is 15.7 Å². The van der Waals surface area contributed by atoms with Gasteiger partial charge in [0.2, 0.25) is 0 Å². The molecule has 0 aromatic heterocycles. The molecular weight excluding hydrogens is 384 g/mol. The van der Waals surface area contributed by atoms with Crippen molar-refractivity contribution in [3.63, 3.8) is 0 Å². The largest absolute Gasteiger partial charge is 0.489 e. The van der Waals surface area contributed by atoms with Gasteiger partial charge in [-0.3, -0.25) is 0 Å². The van der Waals surface area contributed by atoms with E-state index in [9.17, 15) is 0 Å². The molecule has 0 fully saturated rings. The van der Waals surface area contributed by atoms with E-state index in [1.54, 1.807) is 0 Å². The van der Waals surface area contributed by atoms with Crippen molar-refractivity contribution in [3.05, 3.63) is 125 Å². The van der Waals surface area contributed by atoms with Crippen LogP contribution in [0.15, 0.2) is 107 Å². The normalized spacial score (nSPS) is 13.2. The van der Waals surface area contributed by atoms with Gasteiger partial charge in [-0.2, -0.15) is 0 Å². The summed E-state index contributed by atoms with van der Waals surface area (Å²) in [5, 5.41) is 0. The minimum absolute atomic E-state index is 0.348. The minimum atomic E-state index is 0.348. The molecule has 1 aliphatic rings. The van der Waals surface area contributed by atoms with Crippen LogP contribution in [0.2, 0.25) is 0 Å². The van der Waals surface area contributed by atoms with E-state index in [0.29, 0.717) is 12.5 Å². The predicted octanol–water partition coefficient (Wildman–Crippen LogP) is 7.47. The van der Waals surface area contributed by atoms with Gasteiger partial charge >= 0.3 is 0 Å². The Kier molecular flexibility index (Phi) is 5.33. The Morgan fingerprint density at radius 2 is 1.43 bits per heavy atom. The van der Waals surface area contributed by atoms with Crippen molar-refractivity contribution >= 4 is 11.8 Å². The molecule has 30 heavy (non-hydrogen) atoms. The fourth-order valence-corrected chi connectivity index (χ4v) is 5.02. The summed E-state index contributed by atoms with van der Waals surface area (Å²) in [5.74, 6) is 1.26. The molecule has 0 radical (unpaired) electrons. The molecule has 0 saturated heterocycles.